The van der Waals surface area contributed by atoms with Crippen LogP contribution in [0.15, 0.2) is 0 Å². The van der Waals surface area contributed by atoms with E-state index in [0.717, 1.165) is 19.3 Å². The minimum Gasteiger partial charge on any atom is -0.462 e. The van der Waals surface area contributed by atoms with Gasteiger partial charge in [0.1, 0.15) is 6.10 Å². The zero-order valence-corrected chi connectivity index (χ0v) is 16.8. The highest BCUT2D eigenvalue weighted by Crippen LogP contribution is 2.75. The van der Waals surface area contributed by atoms with Gasteiger partial charge < -0.3 is 9.84 Å². The van der Waals surface area contributed by atoms with E-state index in [4.69, 9.17) is 4.74 Å². The quantitative estimate of drug-likeness (QED) is 0.751. The molecule has 0 spiro atoms. The van der Waals surface area contributed by atoms with Crippen molar-refractivity contribution in [3.8, 4) is 0 Å². The molecule has 9 unspecified atom stereocenters. The lowest BCUT2D eigenvalue weighted by Crippen LogP contribution is -2.58. The third-order valence-electron chi connectivity index (χ3n) is 9.20. The molecular weight excluding hydrogens is 312 g/mol. The standard InChI is InChI=1S/C22H36O3/c1-12(2)15-9-16(24)21(5)8-7-20(4)10-14-11-22(14,6)19(25-13(3)23)18(20)17(15)21/h12,14-19,24H,7-11H2,1-6H3. The summed E-state index contributed by atoms with van der Waals surface area (Å²) in [4.78, 5) is 12.0. The van der Waals surface area contributed by atoms with Crippen LogP contribution < -0.4 is 0 Å². The Bertz CT molecular complexity index is 586. The summed E-state index contributed by atoms with van der Waals surface area (Å²) in [6, 6.07) is 0. The van der Waals surface area contributed by atoms with Crippen LogP contribution in [-0.2, 0) is 9.53 Å². The molecule has 0 heterocycles. The summed E-state index contributed by atoms with van der Waals surface area (Å²) in [7, 11) is 0. The highest BCUT2D eigenvalue weighted by molar-refractivity contribution is 5.66. The molecule has 0 radical (unpaired) electrons. The summed E-state index contributed by atoms with van der Waals surface area (Å²) < 4.78 is 6.08. The minimum atomic E-state index is -0.211. The highest BCUT2D eigenvalue weighted by Gasteiger charge is 2.72. The number of carbonyl (C=O) groups is 1. The van der Waals surface area contributed by atoms with Crippen LogP contribution in [0.4, 0.5) is 0 Å². The summed E-state index contributed by atoms with van der Waals surface area (Å²) in [5.41, 5.74) is 0.404. The van der Waals surface area contributed by atoms with Crippen molar-refractivity contribution >= 4 is 5.97 Å². The number of ether oxygens (including phenoxy) is 1. The third-order valence-corrected chi connectivity index (χ3v) is 9.20. The number of hydrogen-bond acceptors (Lipinski definition) is 3. The molecule has 0 aromatic rings. The minimum absolute atomic E-state index is 0.0183. The van der Waals surface area contributed by atoms with Gasteiger partial charge in [-0.3, -0.25) is 4.79 Å². The van der Waals surface area contributed by atoms with Crippen molar-refractivity contribution in [2.45, 2.75) is 85.9 Å². The molecule has 142 valence electrons. The Morgan fingerprint density at radius 2 is 1.76 bits per heavy atom. The summed E-state index contributed by atoms with van der Waals surface area (Å²) in [6.45, 7) is 13.3. The van der Waals surface area contributed by atoms with E-state index in [0.29, 0.717) is 29.6 Å². The summed E-state index contributed by atoms with van der Waals surface area (Å²) in [5.74, 6) is 2.53. The number of fused-ring (bicyclic) bond motifs is 4. The molecule has 25 heavy (non-hydrogen) atoms. The molecule has 0 aliphatic heterocycles. The van der Waals surface area contributed by atoms with Crippen molar-refractivity contribution < 1.29 is 14.6 Å². The molecule has 0 aromatic heterocycles. The van der Waals surface area contributed by atoms with Gasteiger partial charge in [0.15, 0.2) is 0 Å². The summed E-state index contributed by atoms with van der Waals surface area (Å²) >= 11 is 0. The molecule has 0 aromatic carbocycles. The van der Waals surface area contributed by atoms with Crippen LogP contribution >= 0.6 is 0 Å². The Morgan fingerprint density at radius 1 is 1.08 bits per heavy atom. The Balaban J connectivity index is 1.80. The lowest BCUT2D eigenvalue weighted by atomic mass is 9.46. The van der Waals surface area contributed by atoms with Crippen molar-refractivity contribution in [2.24, 2.45) is 45.8 Å². The van der Waals surface area contributed by atoms with Gasteiger partial charge in [0, 0.05) is 18.3 Å². The van der Waals surface area contributed by atoms with Crippen LogP contribution in [0.1, 0.15) is 73.6 Å². The monoisotopic (exact) mass is 348 g/mol. The van der Waals surface area contributed by atoms with Gasteiger partial charge in [-0.15, -0.1) is 0 Å². The zero-order valence-electron chi connectivity index (χ0n) is 16.8. The molecule has 3 nitrogen and oxygen atoms in total. The van der Waals surface area contributed by atoms with E-state index in [1.54, 1.807) is 6.92 Å². The number of carbonyl (C=O) groups excluding carboxylic acids is 1. The normalized spacial score (nSPS) is 56.8. The molecule has 9 atom stereocenters. The van der Waals surface area contributed by atoms with Gasteiger partial charge in [0.25, 0.3) is 0 Å². The molecule has 1 N–H and O–H groups in total. The average Bonchev–Trinajstić information content (AvgIpc) is 3.07. The summed E-state index contributed by atoms with van der Waals surface area (Å²) in [6.07, 6.45) is 5.50. The average molecular weight is 349 g/mol. The molecule has 4 saturated carbocycles. The molecule has 4 rings (SSSR count). The van der Waals surface area contributed by atoms with Crippen LogP contribution in [-0.4, -0.2) is 23.3 Å². The zero-order chi connectivity index (χ0) is 18.4. The lowest BCUT2D eigenvalue weighted by Gasteiger charge is -2.59. The van der Waals surface area contributed by atoms with Crippen molar-refractivity contribution in [3.63, 3.8) is 0 Å². The van der Waals surface area contributed by atoms with E-state index < -0.39 is 0 Å². The smallest absolute Gasteiger partial charge is 0.302 e. The summed E-state index contributed by atoms with van der Waals surface area (Å²) in [5, 5.41) is 11.0. The van der Waals surface area contributed by atoms with Crippen molar-refractivity contribution in [1.82, 2.24) is 0 Å². The van der Waals surface area contributed by atoms with Crippen LogP contribution in [0.5, 0.6) is 0 Å². The molecular formula is C22H36O3. The second-order valence-corrected chi connectivity index (χ2v) is 11.0. The van der Waals surface area contributed by atoms with Crippen LogP contribution in [0, 0.1) is 45.8 Å². The maximum Gasteiger partial charge on any atom is 0.302 e. The van der Waals surface area contributed by atoms with Gasteiger partial charge in [-0.05, 0) is 66.6 Å². The Hall–Kier alpha value is -0.570. The predicted molar refractivity (Wildman–Crippen MR) is 97.8 cm³/mol. The van der Waals surface area contributed by atoms with E-state index >= 15 is 0 Å². The first-order valence-corrected chi connectivity index (χ1v) is 10.4. The van der Waals surface area contributed by atoms with Crippen molar-refractivity contribution in [1.29, 1.82) is 0 Å². The van der Waals surface area contributed by atoms with Crippen LogP contribution in [0.2, 0.25) is 0 Å². The number of esters is 1. The van der Waals surface area contributed by atoms with Crippen molar-refractivity contribution in [3.05, 3.63) is 0 Å². The fourth-order valence-electron chi connectivity index (χ4n) is 7.51. The topological polar surface area (TPSA) is 46.5 Å². The van der Waals surface area contributed by atoms with E-state index in [1.165, 1.54) is 12.8 Å². The van der Waals surface area contributed by atoms with E-state index in [1.807, 2.05) is 0 Å². The molecule has 3 heteroatoms. The van der Waals surface area contributed by atoms with Crippen LogP contribution in [0.3, 0.4) is 0 Å². The number of aliphatic hydroxyl groups excluding tert-OH is 1. The molecule has 0 amide bonds. The predicted octanol–water partition coefficient (Wildman–Crippen LogP) is 4.42. The maximum atomic E-state index is 12.0. The molecule has 4 aliphatic carbocycles. The molecule has 0 bridgehead atoms. The van der Waals surface area contributed by atoms with Gasteiger partial charge >= 0.3 is 5.97 Å². The Morgan fingerprint density at radius 3 is 2.36 bits per heavy atom. The number of rotatable bonds is 2. The van der Waals surface area contributed by atoms with E-state index in [2.05, 4.69) is 34.6 Å². The number of aliphatic hydroxyl groups is 1. The van der Waals surface area contributed by atoms with Gasteiger partial charge in [0.05, 0.1) is 6.10 Å². The third kappa shape index (κ3) is 2.30. The maximum absolute atomic E-state index is 12.0. The lowest BCUT2D eigenvalue weighted by molar-refractivity contribution is -0.190. The first kappa shape index (κ1) is 17.8. The van der Waals surface area contributed by atoms with Gasteiger partial charge in [0.2, 0.25) is 0 Å². The Labute approximate surface area is 152 Å². The highest BCUT2D eigenvalue weighted by atomic mass is 16.5. The second-order valence-electron chi connectivity index (χ2n) is 11.0. The first-order chi connectivity index (χ1) is 11.5. The van der Waals surface area contributed by atoms with Crippen molar-refractivity contribution in [2.75, 3.05) is 0 Å². The first-order valence-electron chi connectivity index (χ1n) is 10.4. The van der Waals surface area contributed by atoms with Gasteiger partial charge in [-0.1, -0.05) is 34.6 Å². The molecule has 4 aliphatic rings. The van der Waals surface area contributed by atoms with Gasteiger partial charge in [-0.2, -0.15) is 0 Å². The fraction of sp³-hybridized carbons (Fsp3) is 0.955. The second kappa shape index (κ2) is 5.24. The van der Waals surface area contributed by atoms with E-state index in [9.17, 15) is 9.90 Å². The largest absolute Gasteiger partial charge is 0.462 e. The molecule has 0 saturated heterocycles. The van der Waals surface area contributed by atoms with Gasteiger partial charge in [-0.25, -0.2) is 0 Å². The fourth-order valence-corrected chi connectivity index (χ4v) is 7.51. The SMILES string of the molecule is CC(=O)OC1C2C3C(C(C)C)CC(O)C3(C)CCC2(C)CC2CC21C. The Kier molecular flexibility index (Phi) is 3.74. The molecule has 4 fully saturated rings. The van der Waals surface area contributed by atoms with E-state index in [-0.39, 0.29) is 34.4 Å². The van der Waals surface area contributed by atoms with Crippen LogP contribution in [0.25, 0.3) is 0 Å². The number of hydrogen-bond donors (Lipinski definition) is 1.